The molecule has 0 atom stereocenters. The van der Waals surface area contributed by atoms with Crippen molar-refractivity contribution in [1.29, 1.82) is 0 Å². The topological polar surface area (TPSA) is 110 Å². The maximum atomic E-state index is 12.9. The molecule has 38 heavy (non-hydrogen) atoms. The maximum absolute atomic E-state index is 12.9. The first kappa shape index (κ1) is 26.2. The highest BCUT2D eigenvalue weighted by atomic mass is 16.1. The lowest BCUT2D eigenvalue weighted by molar-refractivity contribution is -0.117. The van der Waals surface area contributed by atoms with Crippen molar-refractivity contribution in [2.24, 2.45) is 11.7 Å². The largest absolute Gasteiger partial charge is 0.321 e. The van der Waals surface area contributed by atoms with Crippen LogP contribution >= 0.6 is 0 Å². The van der Waals surface area contributed by atoms with Gasteiger partial charge in [-0.15, -0.1) is 0 Å². The molecule has 0 radical (unpaired) electrons. The number of hydrogen-bond donors (Lipinski definition) is 3. The summed E-state index contributed by atoms with van der Waals surface area (Å²) in [6, 6.07) is 16.6. The van der Waals surface area contributed by atoms with Crippen molar-refractivity contribution in [2.45, 2.75) is 69.9 Å². The van der Waals surface area contributed by atoms with Crippen LogP contribution in [0, 0.1) is 5.92 Å². The Kier molecular flexibility index (Phi) is 7.95. The van der Waals surface area contributed by atoms with Crippen LogP contribution in [0.25, 0.3) is 22.4 Å². The molecule has 0 bridgehead atoms. The lowest BCUT2D eigenvalue weighted by Gasteiger charge is -2.38. The summed E-state index contributed by atoms with van der Waals surface area (Å²) < 4.78 is 0. The third-order valence-electron chi connectivity index (χ3n) is 8.09. The molecular weight excluding hydrogens is 474 g/mol. The Hall–Kier alpha value is -3.42. The van der Waals surface area contributed by atoms with E-state index in [1.54, 1.807) is 13.1 Å². The number of carbonyl (C=O) groups excluding carboxylic acids is 2. The lowest BCUT2D eigenvalue weighted by atomic mass is 9.72. The zero-order chi connectivity index (χ0) is 26.5. The highest BCUT2D eigenvalue weighted by Gasteiger charge is 2.34. The zero-order valence-electron chi connectivity index (χ0n) is 22.1. The molecule has 2 aromatic heterocycles. The van der Waals surface area contributed by atoms with E-state index in [0.717, 1.165) is 60.9 Å². The van der Waals surface area contributed by atoms with Gasteiger partial charge in [-0.3, -0.25) is 14.6 Å². The van der Waals surface area contributed by atoms with Gasteiger partial charge in [0.05, 0.1) is 12.2 Å². The summed E-state index contributed by atoms with van der Waals surface area (Å²) in [4.78, 5) is 33.3. The number of nitrogens with two attached hydrogens (primary N) is 1. The number of hydrogen-bond acceptors (Lipinski definition) is 6. The fourth-order valence-corrected chi connectivity index (χ4v) is 5.63. The van der Waals surface area contributed by atoms with Gasteiger partial charge in [0.15, 0.2) is 0 Å². The first-order valence-electron chi connectivity index (χ1n) is 13.7. The van der Waals surface area contributed by atoms with Gasteiger partial charge in [0, 0.05) is 41.5 Å². The third-order valence-corrected chi connectivity index (χ3v) is 8.09. The number of aromatic nitrogens is 2. The van der Waals surface area contributed by atoms with Crippen molar-refractivity contribution in [3.05, 3.63) is 66.5 Å². The summed E-state index contributed by atoms with van der Waals surface area (Å²) in [6.45, 7) is 2.03. The van der Waals surface area contributed by atoms with Crippen molar-refractivity contribution in [3.63, 3.8) is 0 Å². The van der Waals surface area contributed by atoms with Crippen LogP contribution in [0.4, 0.5) is 5.82 Å². The van der Waals surface area contributed by atoms with E-state index in [-0.39, 0.29) is 17.2 Å². The van der Waals surface area contributed by atoms with E-state index in [0.29, 0.717) is 30.7 Å². The molecule has 4 N–H and O–H groups in total. The standard InChI is InChI=1S/C31H37N5O2/c1-21(37)19-34-25-12-6-22(7-13-25)17-30(38)36-29-18-26(28-5-2-3-16-33-28)27(20-35-29)23-8-10-24(11-9-23)31(32)14-4-15-31/h2-3,5,8-11,16,18,20,22,25,34H,4,6-7,12-15,17,19,32H2,1H3,(H,35,36,38). The van der Waals surface area contributed by atoms with Crippen LogP contribution in [0.1, 0.15) is 63.9 Å². The van der Waals surface area contributed by atoms with Crippen LogP contribution in [-0.4, -0.2) is 34.2 Å². The number of carbonyl (C=O) groups is 2. The molecule has 198 valence electrons. The SMILES string of the molecule is CC(=O)CNC1CCC(CC(=O)Nc2cc(-c3ccccn3)c(-c3ccc(C4(N)CCC4)cc3)cn2)CC1. The minimum absolute atomic E-state index is 0.0181. The highest BCUT2D eigenvalue weighted by Crippen LogP contribution is 2.40. The molecule has 5 rings (SSSR count). The molecule has 2 aliphatic rings. The van der Waals surface area contributed by atoms with Crippen LogP contribution in [-0.2, 0) is 15.1 Å². The second-order valence-corrected chi connectivity index (χ2v) is 11.0. The Morgan fingerprint density at radius 2 is 1.76 bits per heavy atom. The first-order valence-corrected chi connectivity index (χ1v) is 13.7. The van der Waals surface area contributed by atoms with Crippen LogP contribution < -0.4 is 16.4 Å². The number of nitrogens with zero attached hydrogens (tertiary/aromatic N) is 2. The molecule has 1 aromatic carbocycles. The molecule has 1 amide bonds. The monoisotopic (exact) mass is 511 g/mol. The molecule has 0 aliphatic heterocycles. The molecule has 3 aromatic rings. The van der Waals surface area contributed by atoms with Gasteiger partial charge in [-0.2, -0.15) is 0 Å². The van der Waals surface area contributed by atoms with E-state index >= 15 is 0 Å². The molecule has 0 unspecified atom stereocenters. The van der Waals surface area contributed by atoms with E-state index in [2.05, 4.69) is 44.9 Å². The fraction of sp³-hybridized carbons (Fsp3) is 0.419. The minimum Gasteiger partial charge on any atom is -0.321 e. The molecule has 7 nitrogen and oxygen atoms in total. The number of anilines is 1. The first-order chi connectivity index (χ1) is 18.4. The molecule has 7 heteroatoms. The number of Topliss-reactive ketones (excluding diaryl/α,β-unsaturated/α-hetero) is 1. The van der Waals surface area contributed by atoms with Gasteiger partial charge < -0.3 is 16.4 Å². The normalized spacial score (nSPS) is 20.4. The number of ketones is 1. The summed E-state index contributed by atoms with van der Waals surface area (Å²) in [7, 11) is 0. The Balaban J connectivity index is 1.28. The van der Waals surface area contributed by atoms with Gasteiger partial charge in [-0.25, -0.2) is 4.98 Å². The Bertz CT molecular complexity index is 1260. The van der Waals surface area contributed by atoms with Gasteiger partial charge in [0.1, 0.15) is 11.6 Å². The second kappa shape index (κ2) is 11.5. The Labute approximate surface area is 224 Å². The van der Waals surface area contributed by atoms with E-state index in [1.807, 2.05) is 30.5 Å². The number of nitrogens with one attached hydrogen (secondary N) is 2. The van der Waals surface area contributed by atoms with Crippen LogP contribution in [0.15, 0.2) is 60.9 Å². The number of amides is 1. The maximum Gasteiger partial charge on any atom is 0.225 e. The summed E-state index contributed by atoms with van der Waals surface area (Å²) >= 11 is 0. The Morgan fingerprint density at radius 3 is 2.39 bits per heavy atom. The van der Waals surface area contributed by atoms with E-state index in [9.17, 15) is 9.59 Å². The smallest absolute Gasteiger partial charge is 0.225 e. The van der Waals surface area contributed by atoms with Gasteiger partial charge in [-0.05, 0) is 87.1 Å². The van der Waals surface area contributed by atoms with Crippen molar-refractivity contribution >= 4 is 17.5 Å². The minimum atomic E-state index is -0.195. The van der Waals surface area contributed by atoms with Crippen molar-refractivity contribution in [1.82, 2.24) is 15.3 Å². The van der Waals surface area contributed by atoms with Crippen molar-refractivity contribution in [3.8, 4) is 22.4 Å². The average molecular weight is 512 g/mol. The Morgan fingerprint density at radius 1 is 1.00 bits per heavy atom. The summed E-state index contributed by atoms with van der Waals surface area (Å²) in [6.07, 6.45) is 11.3. The number of pyridine rings is 2. The summed E-state index contributed by atoms with van der Waals surface area (Å²) in [5, 5.41) is 6.34. The van der Waals surface area contributed by atoms with Gasteiger partial charge >= 0.3 is 0 Å². The predicted octanol–water partition coefficient (Wildman–Crippen LogP) is 5.21. The molecule has 2 fully saturated rings. The second-order valence-electron chi connectivity index (χ2n) is 11.0. The zero-order valence-corrected chi connectivity index (χ0v) is 22.1. The lowest BCUT2D eigenvalue weighted by Crippen LogP contribution is -2.43. The summed E-state index contributed by atoms with van der Waals surface area (Å²) in [5.41, 5.74) is 11.3. The predicted molar refractivity (Wildman–Crippen MR) is 150 cm³/mol. The third kappa shape index (κ3) is 6.17. The van der Waals surface area contributed by atoms with Gasteiger partial charge in [0.2, 0.25) is 5.91 Å². The van der Waals surface area contributed by atoms with Crippen LogP contribution in [0.2, 0.25) is 0 Å². The van der Waals surface area contributed by atoms with Crippen molar-refractivity contribution in [2.75, 3.05) is 11.9 Å². The highest BCUT2D eigenvalue weighted by molar-refractivity contribution is 5.92. The molecular formula is C31H37N5O2. The quantitative estimate of drug-likeness (QED) is 0.364. The van der Waals surface area contributed by atoms with Crippen LogP contribution in [0.5, 0.6) is 0 Å². The fourth-order valence-electron chi connectivity index (χ4n) is 5.63. The van der Waals surface area contributed by atoms with Gasteiger partial charge in [-0.1, -0.05) is 30.3 Å². The number of benzene rings is 1. The molecule has 2 aliphatic carbocycles. The van der Waals surface area contributed by atoms with Crippen molar-refractivity contribution < 1.29 is 9.59 Å². The van der Waals surface area contributed by atoms with Crippen LogP contribution in [0.3, 0.4) is 0 Å². The number of rotatable bonds is 9. The molecule has 2 heterocycles. The average Bonchev–Trinajstić information content (AvgIpc) is 2.92. The van der Waals surface area contributed by atoms with Gasteiger partial charge in [0.25, 0.3) is 0 Å². The molecule has 0 spiro atoms. The molecule has 2 saturated carbocycles. The van der Waals surface area contributed by atoms with E-state index in [4.69, 9.17) is 5.73 Å². The summed E-state index contributed by atoms with van der Waals surface area (Å²) in [5.74, 6) is 1.02. The van der Waals surface area contributed by atoms with E-state index in [1.165, 1.54) is 12.0 Å². The molecule has 0 saturated heterocycles. The van der Waals surface area contributed by atoms with E-state index < -0.39 is 0 Å².